The number of aromatic nitrogens is 1. The summed E-state index contributed by atoms with van der Waals surface area (Å²) < 4.78 is 64.5. The molecule has 198 valence electrons. The van der Waals surface area contributed by atoms with E-state index in [2.05, 4.69) is 16.4 Å². The van der Waals surface area contributed by atoms with E-state index in [0.717, 1.165) is 48.6 Å². The average molecular weight is 534 g/mol. The second-order valence-corrected chi connectivity index (χ2v) is 11.2. The van der Waals surface area contributed by atoms with E-state index in [1.165, 1.54) is 26.2 Å². The topological polar surface area (TPSA) is 111 Å². The molecule has 0 spiro atoms. The second kappa shape index (κ2) is 10.9. The number of rotatable bonds is 8. The third-order valence-corrected chi connectivity index (χ3v) is 6.90. The summed E-state index contributed by atoms with van der Waals surface area (Å²) in [5.74, 6) is -1.82. The predicted molar refractivity (Wildman–Crippen MR) is 134 cm³/mol. The molecule has 0 saturated heterocycles. The van der Waals surface area contributed by atoms with Crippen LogP contribution in [0, 0.1) is 18.6 Å². The van der Waals surface area contributed by atoms with Crippen molar-refractivity contribution in [3.8, 4) is 11.8 Å². The Bertz CT molecular complexity index is 1380. The van der Waals surface area contributed by atoms with E-state index >= 15 is 0 Å². The standard InChI is InChI=1S/C26H29F2N3O5S/c1-15-9-10-19(17-7-5-4-6-8-17)23(11-15)36-26-30-22(14-35-26)25(32)29-16(2)18-12-20(27)24(21(28)13-18)31-37(3,33)34/h9-14,16-17,31H,4-8H2,1-3H3,(H,29,32)/t16-/m1/s1. The summed E-state index contributed by atoms with van der Waals surface area (Å²) in [5.41, 5.74) is 1.35. The number of anilines is 1. The summed E-state index contributed by atoms with van der Waals surface area (Å²) in [6, 6.07) is 7.10. The molecule has 1 amide bonds. The minimum atomic E-state index is -3.87. The lowest BCUT2D eigenvalue weighted by molar-refractivity contribution is 0.0934. The fourth-order valence-electron chi connectivity index (χ4n) is 4.46. The van der Waals surface area contributed by atoms with Gasteiger partial charge in [0.15, 0.2) is 17.3 Å². The highest BCUT2D eigenvalue weighted by Crippen LogP contribution is 2.39. The van der Waals surface area contributed by atoms with Crippen LogP contribution >= 0.6 is 0 Å². The van der Waals surface area contributed by atoms with E-state index < -0.39 is 39.3 Å². The Balaban J connectivity index is 1.46. The SMILES string of the molecule is Cc1ccc(C2CCCCC2)c(Oc2nc(C(=O)N[C@H](C)c3cc(F)c(NS(C)(=O)=O)c(F)c3)co2)c1. The summed E-state index contributed by atoms with van der Waals surface area (Å²) in [4.78, 5) is 16.9. The highest BCUT2D eigenvalue weighted by molar-refractivity contribution is 7.92. The number of hydrogen-bond acceptors (Lipinski definition) is 6. The van der Waals surface area contributed by atoms with E-state index in [-0.39, 0.29) is 17.3 Å². The van der Waals surface area contributed by atoms with Gasteiger partial charge in [0.1, 0.15) is 17.7 Å². The molecule has 1 fully saturated rings. The Morgan fingerprint density at radius 3 is 2.46 bits per heavy atom. The summed E-state index contributed by atoms with van der Waals surface area (Å²) >= 11 is 0. The number of ether oxygens (including phenoxy) is 1. The molecule has 2 N–H and O–H groups in total. The van der Waals surface area contributed by atoms with Gasteiger partial charge in [-0.3, -0.25) is 9.52 Å². The number of nitrogens with one attached hydrogen (secondary N) is 2. The zero-order chi connectivity index (χ0) is 26.7. The molecule has 1 saturated carbocycles. The maximum absolute atomic E-state index is 14.3. The van der Waals surface area contributed by atoms with Crippen LogP contribution in [0.4, 0.5) is 14.5 Å². The van der Waals surface area contributed by atoms with Gasteiger partial charge < -0.3 is 14.5 Å². The first-order valence-electron chi connectivity index (χ1n) is 12.0. The molecule has 0 bridgehead atoms. The van der Waals surface area contributed by atoms with Gasteiger partial charge in [0.2, 0.25) is 10.0 Å². The van der Waals surface area contributed by atoms with Gasteiger partial charge >= 0.3 is 6.08 Å². The van der Waals surface area contributed by atoms with Crippen LogP contribution in [-0.2, 0) is 10.0 Å². The van der Waals surface area contributed by atoms with Crippen molar-refractivity contribution in [1.29, 1.82) is 0 Å². The number of carbonyl (C=O) groups excluding carboxylic acids is 1. The number of aryl methyl sites for hydroxylation is 1. The number of carbonyl (C=O) groups is 1. The van der Waals surface area contributed by atoms with Crippen LogP contribution in [-0.4, -0.2) is 25.6 Å². The van der Waals surface area contributed by atoms with E-state index in [1.807, 2.05) is 19.1 Å². The molecule has 1 heterocycles. The van der Waals surface area contributed by atoms with E-state index in [9.17, 15) is 22.0 Å². The lowest BCUT2D eigenvalue weighted by atomic mass is 9.83. The molecular formula is C26H29F2N3O5S. The molecular weight excluding hydrogens is 504 g/mol. The minimum absolute atomic E-state index is 0.0648. The quantitative estimate of drug-likeness (QED) is 0.369. The molecule has 0 aliphatic heterocycles. The van der Waals surface area contributed by atoms with Crippen LogP contribution in [0.15, 0.2) is 41.0 Å². The highest BCUT2D eigenvalue weighted by atomic mass is 32.2. The van der Waals surface area contributed by atoms with E-state index in [1.54, 1.807) is 4.72 Å². The minimum Gasteiger partial charge on any atom is -0.416 e. The third-order valence-electron chi connectivity index (χ3n) is 6.33. The average Bonchev–Trinajstić information content (AvgIpc) is 3.30. The van der Waals surface area contributed by atoms with Crippen LogP contribution in [0.2, 0.25) is 0 Å². The zero-order valence-electron chi connectivity index (χ0n) is 20.8. The molecule has 2 aromatic carbocycles. The maximum Gasteiger partial charge on any atom is 0.399 e. The van der Waals surface area contributed by atoms with Gasteiger partial charge in [0.05, 0.1) is 12.3 Å². The molecule has 1 aliphatic rings. The van der Waals surface area contributed by atoms with Gasteiger partial charge in [-0.25, -0.2) is 17.2 Å². The van der Waals surface area contributed by atoms with Crippen molar-refractivity contribution >= 4 is 21.6 Å². The van der Waals surface area contributed by atoms with E-state index in [4.69, 9.17) is 9.15 Å². The molecule has 4 rings (SSSR count). The summed E-state index contributed by atoms with van der Waals surface area (Å²) in [7, 11) is -3.87. The largest absolute Gasteiger partial charge is 0.416 e. The normalized spacial score (nSPS) is 15.3. The number of halogens is 2. The van der Waals surface area contributed by atoms with Crippen LogP contribution in [0.3, 0.4) is 0 Å². The number of oxazole rings is 1. The molecule has 1 aliphatic carbocycles. The third kappa shape index (κ3) is 6.65. The summed E-state index contributed by atoms with van der Waals surface area (Å²) in [6.45, 7) is 3.49. The zero-order valence-corrected chi connectivity index (χ0v) is 21.6. The lowest BCUT2D eigenvalue weighted by Gasteiger charge is -2.23. The van der Waals surface area contributed by atoms with Crippen molar-refractivity contribution in [2.75, 3.05) is 11.0 Å². The van der Waals surface area contributed by atoms with Crippen molar-refractivity contribution in [2.24, 2.45) is 0 Å². The fourth-order valence-corrected chi connectivity index (χ4v) is 5.03. The fraction of sp³-hybridized carbons (Fsp3) is 0.385. The summed E-state index contributed by atoms with van der Waals surface area (Å²) in [5, 5.41) is 2.60. The molecule has 0 radical (unpaired) electrons. The predicted octanol–water partition coefficient (Wildman–Crippen LogP) is 5.96. The van der Waals surface area contributed by atoms with Gasteiger partial charge in [-0.2, -0.15) is 4.98 Å². The Kier molecular flexibility index (Phi) is 7.82. The van der Waals surface area contributed by atoms with Crippen molar-refractivity contribution in [2.45, 2.75) is 57.9 Å². The van der Waals surface area contributed by atoms with Crippen molar-refractivity contribution in [3.05, 3.63) is 70.6 Å². The number of sulfonamides is 1. The highest BCUT2D eigenvalue weighted by Gasteiger charge is 2.23. The van der Waals surface area contributed by atoms with Crippen molar-refractivity contribution in [3.63, 3.8) is 0 Å². The van der Waals surface area contributed by atoms with Gasteiger partial charge in [-0.05, 0) is 67.5 Å². The van der Waals surface area contributed by atoms with Crippen molar-refractivity contribution in [1.82, 2.24) is 10.3 Å². The van der Waals surface area contributed by atoms with Gasteiger partial charge in [-0.15, -0.1) is 0 Å². The maximum atomic E-state index is 14.3. The van der Waals surface area contributed by atoms with Crippen LogP contribution in [0.25, 0.3) is 0 Å². The number of hydrogen-bond donors (Lipinski definition) is 2. The molecule has 11 heteroatoms. The van der Waals surface area contributed by atoms with Crippen LogP contribution in [0.1, 0.15) is 78.2 Å². The van der Waals surface area contributed by atoms with Gasteiger partial charge in [0, 0.05) is 0 Å². The Labute approximate surface area is 214 Å². The molecule has 37 heavy (non-hydrogen) atoms. The number of amides is 1. The summed E-state index contributed by atoms with van der Waals surface area (Å²) in [6.07, 6.45) is 7.59. The molecule has 8 nitrogen and oxygen atoms in total. The first-order valence-corrected chi connectivity index (χ1v) is 13.9. The van der Waals surface area contributed by atoms with Crippen molar-refractivity contribution < 1.29 is 31.1 Å². The van der Waals surface area contributed by atoms with Gasteiger partial charge in [-0.1, -0.05) is 31.4 Å². The van der Waals surface area contributed by atoms with Gasteiger partial charge in [0.25, 0.3) is 5.91 Å². The number of benzene rings is 2. The Hall–Kier alpha value is -3.47. The first kappa shape index (κ1) is 26.6. The molecule has 1 aromatic heterocycles. The smallest absolute Gasteiger partial charge is 0.399 e. The van der Waals surface area contributed by atoms with Crippen LogP contribution < -0.4 is 14.8 Å². The lowest BCUT2D eigenvalue weighted by Crippen LogP contribution is -2.27. The Morgan fingerprint density at radius 1 is 1.14 bits per heavy atom. The number of nitrogens with zero attached hydrogens (tertiary/aromatic N) is 1. The monoisotopic (exact) mass is 533 g/mol. The Morgan fingerprint density at radius 2 is 1.81 bits per heavy atom. The second-order valence-electron chi connectivity index (χ2n) is 9.41. The molecule has 0 unspecified atom stereocenters. The molecule has 1 atom stereocenters. The van der Waals surface area contributed by atoms with E-state index in [0.29, 0.717) is 11.7 Å². The van der Waals surface area contributed by atoms with Crippen LogP contribution in [0.5, 0.6) is 11.8 Å². The first-order chi connectivity index (χ1) is 17.5. The molecule has 3 aromatic rings.